The normalized spacial score (nSPS) is 27.7. The first-order chi connectivity index (χ1) is 15.9. The average Bonchev–Trinajstić information content (AvgIpc) is 2.76. The summed E-state index contributed by atoms with van der Waals surface area (Å²) in [5.74, 6) is -0.364. The monoisotopic (exact) mass is 476 g/mol. The van der Waals surface area contributed by atoms with Crippen LogP contribution in [-0.2, 0) is 11.0 Å². The predicted octanol–water partition coefficient (Wildman–Crippen LogP) is 8.06. The first-order valence-corrected chi connectivity index (χ1v) is 12.4. The fourth-order valence-corrected chi connectivity index (χ4v) is 5.94. The van der Waals surface area contributed by atoms with Crippen molar-refractivity contribution in [2.45, 2.75) is 84.4 Å². The molecule has 2 fully saturated rings. The summed E-state index contributed by atoms with van der Waals surface area (Å²) >= 11 is 0. The summed E-state index contributed by atoms with van der Waals surface area (Å²) < 4.78 is 48.8. The highest BCUT2D eigenvalue weighted by molar-refractivity contribution is 5.89. The lowest BCUT2D eigenvalue weighted by molar-refractivity contribution is -0.159. The minimum Gasteiger partial charge on any atom is -0.490 e. The van der Waals surface area contributed by atoms with E-state index >= 15 is 0 Å². The molecule has 0 aromatic heterocycles. The largest absolute Gasteiger partial charge is 0.490 e. The van der Waals surface area contributed by atoms with Gasteiger partial charge >= 0.3 is 12.1 Å². The zero-order valence-corrected chi connectivity index (χ0v) is 20.4. The summed E-state index contributed by atoms with van der Waals surface area (Å²) in [6.45, 7) is 8.14. The molecule has 0 amide bonds. The van der Waals surface area contributed by atoms with Crippen molar-refractivity contribution in [1.82, 2.24) is 0 Å². The zero-order chi connectivity index (χ0) is 24.8. The third kappa shape index (κ3) is 4.78. The molecule has 0 heterocycles. The van der Waals surface area contributed by atoms with E-state index in [2.05, 4.69) is 6.92 Å². The first-order valence-electron chi connectivity index (χ1n) is 12.4. The molecule has 6 heteroatoms. The van der Waals surface area contributed by atoms with Gasteiger partial charge in [-0.15, -0.1) is 0 Å². The van der Waals surface area contributed by atoms with E-state index in [0.717, 1.165) is 37.7 Å². The Labute approximate surface area is 199 Å². The number of rotatable bonds is 6. The van der Waals surface area contributed by atoms with E-state index in [1.807, 2.05) is 26.8 Å². The van der Waals surface area contributed by atoms with E-state index in [9.17, 15) is 23.1 Å². The molecular formula is C28H35F3O3. The average molecular weight is 477 g/mol. The maximum Gasteiger partial charge on any atom is 0.420 e. The highest BCUT2D eigenvalue weighted by Crippen LogP contribution is 2.55. The van der Waals surface area contributed by atoms with Gasteiger partial charge in [-0.2, -0.15) is 13.2 Å². The standard InChI is InChI=1S/C28H35F3O3/c1-16-5-10-21(11-6-16)34-24-12-9-18-7-8-19(14-22(18)25(24)28(29,30)31)17(2)13-20-15-23(26(32)33)27(20,3)4/h7-9,12,14,16-17,20-21,23H,5-6,10-11,13,15H2,1-4H3,(H,32,33)/t16?,17?,20-,21?,23-/m1/s1. The first kappa shape index (κ1) is 24.9. The van der Waals surface area contributed by atoms with Gasteiger partial charge in [0.25, 0.3) is 0 Å². The van der Waals surface area contributed by atoms with Crippen molar-refractivity contribution in [3.05, 3.63) is 41.5 Å². The van der Waals surface area contributed by atoms with Gasteiger partial charge in [0.1, 0.15) is 11.3 Å². The number of benzene rings is 2. The van der Waals surface area contributed by atoms with Crippen LogP contribution in [0.15, 0.2) is 30.3 Å². The molecule has 0 saturated heterocycles. The molecule has 0 spiro atoms. The third-order valence-electron chi connectivity index (χ3n) is 8.52. The van der Waals surface area contributed by atoms with Crippen molar-refractivity contribution in [1.29, 1.82) is 0 Å². The minimum atomic E-state index is -4.52. The van der Waals surface area contributed by atoms with Crippen LogP contribution < -0.4 is 4.74 Å². The summed E-state index contributed by atoms with van der Waals surface area (Å²) in [5, 5.41) is 10.1. The Morgan fingerprint density at radius 1 is 1.15 bits per heavy atom. The molecule has 3 atom stereocenters. The number of carbonyl (C=O) groups is 1. The number of halogens is 3. The van der Waals surface area contributed by atoms with Crippen LogP contribution in [0.25, 0.3) is 10.8 Å². The SMILES string of the molecule is CC1CCC(Oc2ccc3ccc(C(C)C[C@@H]4C[C@H](C(=O)O)C4(C)C)cc3c2C(F)(F)F)CC1. The van der Waals surface area contributed by atoms with Crippen molar-refractivity contribution in [3.8, 4) is 5.75 Å². The number of alkyl halides is 3. The van der Waals surface area contributed by atoms with Gasteiger partial charge in [-0.25, -0.2) is 0 Å². The molecular weight excluding hydrogens is 441 g/mol. The number of carboxylic acid groups (broad SMARTS) is 1. The fraction of sp³-hybridized carbons (Fsp3) is 0.607. The van der Waals surface area contributed by atoms with E-state index in [-0.39, 0.29) is 40.4 Å². The number of hydrogen-bond donors (Lipinski definition) is 1. The molecule has 34 heavy (non-hydrogen) atoms. The second kappa shape index (κ2) is 9.09. The van der Waals surface area contributed by atoms with Crippen molar-refractivity contribution in [2.75, 3.05) is 0 Å². The topological polar surface area (TPSA) is 46.5 Å². The quantitative estimate of drug-likeness (QED) is 0.459. The molecule has 0 aliphatic heterocycles. The molecule has 0 bridgehead atoms. The Morgan fingerprint density at radius 3 is 2.38 bits per heavy atom. The molecule has 2 aliphatic rings. The Kier molecular flexibility index (Phi) is 6.65. The number of aliphatic carboxylic acids is 1. The molecule has 0 radical (unpaired) electrons. The number of carboxylic acids is 1. The summed E-state index contributed by atoms with van der Waals surface area (Å²) in [5.41, 5.74) is -0.157. The molecule has 2 aromatic carbocycles. The van der Waals surface area contributed by atoms with Crippen LogP contribution in [0.1, 0.15) is 83.3 Å². The van der Waals surface area contributed by atoms with E-state index in [1.165, 1.54) is 6.07 Å². The summed E-state index contributed by atoms with van der Waals surface area (Å²) in [6, 6.07) is 8.51. The summed E-state index contributed by atoms with van der Waals surface area (Å²) in [7, 11) is 0. The van der Waals surface area contributed by atoms with Gasteiger partial charge in [0, 0.05) is 0 Å². The van der Waals surface area contributed by atoms with Crippen LogP contribution in [0, 0.1) is 23.2 Å². The number of ether oxygens (including phenoxy) is 1. The number of fused-ring (bicyclic) bond motifs is 1. The molecule has 2 aromatic rings. The van der Waals surface area contributed by atoms with Gasteiger partial charge in [0.15, 0.2) is 0 Å². The lowest BCUT2D eigenvalue weighted by Gasteiger charge is -2.51. The van der Waals surface area contributed by atoms with Gasteiger partial charge in [-0.3, -0.25) is 4.79 Å². The Morgan fingerprint density at radius 2 is 1.79 bits per heavy atom. The van der Waals surface area contributed by atoms with Crippen LogP contribution >= 0.6 is 0 Å². The Hall–Kier alpha value is -2.24. The lowest BCUT2D eigenvalue weighted by atomic mass is 9.53. The second-order valence-corrected chi connectivity index (χ2v) is 11.2. The summed E-state index contributed by atoms with van der Waals surface area (Å²) in [4.78, 5) is 11.4. The van der Waals surface area contributed by atoms with E-state index < -0.39 is 17.7 Å². The van der Waals surface area contributed by atoms with Crippen molar-refractivity contribution >= 4 is 16.7 Å². The summed E-state index contributed by atoms with van der Waals surface area (Å²) in [6.07, 6.45) is 0.169. The van der Waals surface area contributed by atoms with Crippen LogP contribution in [0.4, 0.5) is 13.2 Å². The molecule has 1 N–H and O–H groups in total. The van der Waals surface area contributed by atoms with Gasteiger partial charge in [-0.05, 0) is 84.1 Å². The Bertz CT molecular complexity index is 1050. The predicted molar refractivity (Wildman–Crippen MR) is 127 cm³/mol. The maximum absolute atomic E-state index is 14.3. The molecule has 2 aliphatic carbocycles. The van der Waals surface area contributed by atoms with Crippen LogP contribution in [0.2, 0.25) is 0 Å². The Balaban J connectivity index is 1.62. The van der Waals surface area contributed by atoms with Crippen molar-refractivity contribution in [3.63, 3.8) is 0 Å². The zero-order valence-electron chi connectivity index (χ0n) is 20.4. The molecule has 1 unspecified atom stereocenters. The molecule has 3 nitrogen and oxygen atoms in total. The maximum atomic E-state index is 14.3. The van der Waals surface area contributed by atoms with Crippen molar-refractivity contribution < 1.29 is 27.8 Å². The third-order valence-corrected chi connectivity index (χ3v) is 8.52. The minimum absolute atomic E-state index is 0.0221. The van der Waals surface area contributed by atoms with Gasteiger partial charge < -0.3 is 9.84 Å². The highest BCUT2D eigenvalue weighted by Gasteiger charge is 2.51. The van der Waals surface area contributed by atoms with E-state index in [1.54, 1.807) is 18.2 Å². The second-order valence-electron chi connectivity index (χ2n) is 11.2. The molecule has 2 saturated carbocycles. The van der Waals surface area contributed by atoms with E-state index in [0.29, 0.717) is 17.7 Å². The van der Waals surface area contributed by atoms with Crippen molar-refractivity contribution in [2.24, 2.45) is 23.2 Å². The lowest BCUT2D eigenvalue weighted by Crippen LogP contribution is -2.49. The van der Waals surface area contributed by atoms with Gasteiger partial charge in [0.2, 0.25) is 0 Å². The van der Waals surface area contributed by atoms with E-state index in [4.69, 9.17) is 4.74 Å². The highest BCUT2D eigenvalue weighted by atomic mass is 19.4. The smallest absolute Gasteiger partial charge is 0.420 e. The van der Waals surface area contributed by atoms with Gasteiger partial charge in [-0.1, -0.05) is 52.0 Å². The molecule has 4 rings (SSSR count). The molecule has 186 valence electrons. The van der Waals surface area contributed by atoms with Crippen LogP contribution in [0.5, 0.6) is 5.75 Å². The van der Waals surface area contributed by atoms with Gasteiger partial charge in [0.05, 0.1) is 12.0 Å². The van der Waals surface area contributed by atoms with Crippen LogP contribution in [0.3, 0.4) is 0 Å². The fourth-order valence-electron chi connectivity index (χ4n) is 5.94. The van der Waals surface area contributed by atoms with Crippen LogP contribution in [-0.4, -0.2) is 17.2 Å². The number of hydrogen-bond acceptors (Lipinski definition) is 2.